The predicted molar refractivity (Wildman–Crippen MR) is 61.0 cm³/mol. The van der Waals surface area contributed by atoms with E-state index in [0.29, 0.717) is 6.04 Å². The molecular formula is C11H12ClNS. The van der Waals surface area contributed by atoms with Gasteiger partial charge in [0.05, 0.1) is 5.02 Å². The molecule has 0 bridgehead atoms. The molecule has 1 aromatic rings. The van der Waals surface area contributed by atoms with E-state index in [9.17, 15) is 0 Å². The average molecular weight is 226 g/mol. The molecule has 14 heavy (non-hydrogen) atoms. The standard InChI is InChI=1S/C11H12ClNS/c12-9-3-1-2-8-10-7(4-5-13-10)6-14-11(8)9/h1-3,7,10,13H,4-6H2. The summed E-state index contributed by atoms with van der Waals surface area (Å²) in [7, 11) is 0. The van der Waals surface area contributed by atoms with Crippen molar-refractivity contribution in [2.45, 2.75) is 17.4 Å². The van der Waals surface area contributed by atoms with E-state index in [2.05, 4.69) is 17.4 Å². The van der Waals surface area contributed by atoms with Gasteiger partial charge >= 0.3 is 0 Å². The highest BCUT2D eigenvalue weighted by Crippen LogP contribution is 2.45. The maximum absolute atomic E-state index is 6.18. The zero-order chi connectivity index (χ0) is 9.54. The van der Waals surface area contributed by atoms with E-state index in [4.69, 9.17) is 11.6 Å². The van der Waals surface area contributed by atoms with Crippen LogP contribution in [0, 0.1) is 5.92 Å². The van der Waals surface area contributed by atoms with Gasteiger partial charge in [-0.3, -0.25) is 0 Å². The van der Waals surface area contributed by atoms with Crippen LogP contribution in [0.5, 0.6) is 0 Å². The van der Waals surface area contributed by atoms with Crippen LogP contribution in [0.15, 0.2) is 23.1 Å². The van der Waals surface area contributed by atoms with Gasteiger partial charge in [-0.15, -0.1) is 11.8 Å². The zero-order valence-electron chi connectivity index (χ0n) is 7.79. The molecule has 1 N–H and O–H groups in total. The lowest BCUT2D eigenvalue weighted by atomic mass is 9.95. The fraction of sp³-hybridized carbons (Fsp3) is 0.455. The highest BCUT2D eigenvalue weighted by Gasteiger charge is 2.34. The topological polar surface area (TPSA) is 12.0 Å². The molecule has 3 heteroatoms. The number of benzene rings is 1. The van der Waals surface area contributed by atoms with E-state index in [-0.39, 0.29) is 0 Å². The molecule has 1 fully saturated rings. The Morgan fingerprint density at radius 3 is 3.29 bits per heavy atom. The number of halogens is 1. The first-order chi connectivity index (χ1) is 6.86. The van der Waals surface area contributed by atoms with Crippen LogP contribution in [0.3, 0.4) is 0 Å². The van der Waals surface area contributed by atoms with Gasteiger partial charge in [0.25, 0.3) is 0 Å². The van der Waals surface area contributed by atoms with Crippen molar-refractivity contribution in [2.75, 3.05) is 12.3 Å². The maximum Gasteiger partial charge on any atom is 0.0545 e. The molecule has 2 unspecified atom stereocenters. The molecule has 0 aliphatic carbocycles. The summed E-state index contributed by atoms with van der Waals surface area (Å²) in [5.41, 5.74) is 1.41. The highest BCUT2D eigenvalue weighted by molar-refractivity contribution is 7.99. The van der Waals surface area contributed by atoms with Crippen LogP contribution in [0.25, 0.3) is 0 Å². The zero-order valence-corrected chi connectivity index (χ0v) is 9.37. The fourth-order valence-corrected chi connectivity index (χ4v) is 4.07. The number of nitrogens with one attached hydrogen (secondary N) is 1. The summed E-state index contributed by atoms with van der Waals surface area (Å²) in [4.78, 5) is 1.30. The van der Waals surface area contributed by atoms with Crippen molar-refractivity contribution in [3.63, 3.8) is 0 Å². The summed E-state index contributed by atoms with van der Waals surface area (Å²) in [6.07, 6.45) is 1.31. The Bertz CT molecular complexity index is 366. The van der Waals surface area contributed by atoms with Gasteiger partial charge < -0.3 is 5.32 Å². The lowest BCUT2D eigenvalue weighted by Gasteiger charge is -2.28. The van der Waals surface area contributed by atoms with Crippen LogP contribution in [0.1, 0.15) is 18.0 Å². The molecule has 2 aliphatic rings. The summed E-state index contributed by atoms with van der Waals surface area (Å²) >= 11 is 8.10. The first kappa shape index (κ1) is 9.08. The SMILES string of the molecule is Clc1cccc2c1SCC1CCNC21. The minimum absolute atomic E-state index is 0.560. The molecule has 1 nitrogen and oxygen atoms in total. The maximum atomic E-state index is 6.18. The Hall–Kier alpha value is -0.180. The molecule has 0 amide bonds. The van der Waals surface area contributed by atoms with E-state index in [1.54, 1.807) is 0 Å². The van der Waals surface area contributed by atoms with Gasteiger partial charge in [-0.1, -0.05) is 23.7 Å². The molecule has 0 aromatic heterocycles. The van der Waals surface area contributed by atoms with Crippen LogP contribution < -0.4 is 5.32 Å². The Morgan fingerprint density at radius 2 is 2.36 bits per heavy atom. The monoisotopic (exact) mass is 225 g/mol. The molecule has 3 rings (SSSR count). The Balaban J connectivity index is 2.09. The molecule has 0 spiro atoms. The van der Waals surface area contributed by atoms with Gasteiger partial charge in [-0.2, -0.15) is 0 Å². The minimum Gasteiger partial charge on any atom is -0.310 e. The van der Waals surface area contributed by atoms with Gasteiger partial charge in [-0.25, -0.2) is 0 Å². The predicted octanol–water partition coefficient (Wildman–Crippen LogP) is 3.10. The van der Waals surface area contributed by atoms with Gasteiger partial charge in [-0.05, 0) is 30.5 Å². The van der Waals surface area contributed by atoms with E-state index in [0.717, 1.165) is 17.5 Å². The molecule has 2 atom stereocenters. The highest BCUT2D eigenvalue weighted by atomic mass is 35.5. The summed E-state index contributed by atoms with van der Waals surface area (Å²) in [5, 5.41) is 4.49. The van der Waals surface area contributed by atoms with Crippen molar-refractivity contribution in [1.82, 2.24) is 5.32 Å². The quantitative estimate of drug-likeness (QED) is 0.728. The number of rotatable bonds is 0. The smallest absolute Gasteiger partial charge is 0.0545 e. The van der Waals surface area contributed by atoms with Crippen LogP contribution in [-0.4, -0.2) is 12.3 Å². The normalized spacial score (nSPS) is 29.8. The number of fused-ring (bicyclic) bond motifs is 3. The average Bonchev–Trinajstić information content (AvgIpc) is 2.66. The second-order valence-electron chi connectivity index (χ2n) is 3.95. The molecule has 1 saturated heterocycles. The molecule has 0 radical (unpaired) electrons. The molecule has 2 aliphatic heterocycles. The van der Waals surface area contributed by atoms with E-state index in [1.807, 2.05) is 17.8 Å². The number of hydrogen-bond acceptors (Lipinski definition) is 2. The second-order valence-corrected chi connectivity index (χ2v) is 5.39. The summed E-state index contributed by atoms with van der Waals surface area (Å²) in [6, 6.07) is 6.82. The Morgan fingerprint density at radius 1 is 1.43 bits per heavy atom. The van der Waals surface area contributed by atoms with Gasteiger partial charge in [0.15, 0.2) is 0 Å². The minimum atomic E-state index is 0.560. The third-order valence-electron chi connectivity index (χ3n) is 3.13. The van der Waals surface area contributed by atoms with Crippen LogP contribution in [-0.2, 0) is 0 Å². The summed E-state index contributed by atoms with van der Waals surface area (Å²) < 4.78 is 0. The van der Waals surface area contributed by atoms with Crippen LogP contribution in [0.4, 0.5) is 0 Å². The molecule has 2 heterocycles. The molecule has 74 valence electrons. The van der Waals surface area contributed by atoms with E-state index >= 15 is 0 Å². The van der Waals surface area contributed by atoms with Crippen molar-refractivity contribution >= 4 is 23.4 Å². The second kappa shape index (κ2) is 3.44. The van der Waals surface area contributed by atoms with Crippen molar-refractivity contribution in [3.05, 3.63) is 28.8 Å². The first-order valence-electron chi connectivity index (χ1n) is 5.01. The number of thioether (sulfide) groups is 1. The van der Waals surface area contributed by atoms with Crippen LogP contribution in [0.2, 0.25) is 5.02 Å². The molecule has 1 aromatic carbocycles. The molecular weight excluding hydrogens is 214 g/mol. The lowest BCUT2D eigenvalue weighted by molar-refractivity contribution is 0.496. The van der Waals surface area contributed by atoms with Crippen molar-refractivity contribution < 1.29 is 0 Å². The van der Waals surface area contributed by atoms with E-state index in [1.165, 1.54) is 22.6 Å². The van der Waals surface area contributed by atoms with Gasteiger partial charge in [0, 0.05) is 16.7 Å². The number of hydrogen-bond donors (Lipinski definition) is 1. The summed E-state index contributed by atoms with van der Waals surface area (Å²) in [5.74, 6) is 2.03. The fourth-order valence-electron chi connectivity index (χ4n) is 2.41. The van der Waals surface area contributed by atoms with E-state index < -0.39 is 0 Å². The molecule has 0 saturated carbocycles. The van der Waals surface area contributed by atoms with Gasteiger partial charge in [0.2, 0.25) is 0 Å². The first-order valence-corrected chi connectivity index (χ1v) is 6.37. The van der Waals surface area contributed by atoms with Crippen molar-refractivity contribution in [3.8, 4) is 0 Å². The largest absolute Gasteiger partial charge is 0.310 e. The third-order valence-corrected chi connectivity index (χ3v) is 4.89. The van der Waals surface area contributed by atoms with Gasteiger partial charge in [0.1, 0.15) is 0 Å². The van der Waals surface area contributed by atoms with Crippen LogP contribution >= 0.6 is 23.4 Å². The lowest BCUT2D eigenvalue weighted by Crippen LogP contribution is -2.23. The Kier molecular flexibility index (Phi) is 2.23. The summed E-state index contributed by atoms with van der Waals surface area (Å²) in [6.45, 7) is 1.15. The Labute approximate surface area is 93.2 Å². The third kappa shape index (κ3) is 1.28. The van der Waals surface area contributed by atoms with Crippen molar-refractivity contribution in [1.29, 1.82) is 0 Å². The van der Waals surface area contributed by atoms with Crippen molar-refractivity contribution in [2.24, 2.45) is 5.92 Å².